The van der Waals surface area contributed by atoms with E-state index in [0.29, 0.717) is 17.4 Å². The highest BCUT2D eigenvalue weighted by molar-refractivity contribution is 5.66. The molecule has 0 bridgehead atoms. The molecule has 0 saturated heterocycles. The molecule has 1 aliphatic rings. The number of hydrogen-bond donors (Lipinski definition) is 2. The fourth-order valence-corrected chi connectivity index (χ4v) is 2.53. The third-order valence-corrected chi connectivity index (χ3v) is 3.51. The van der Waals surface area contributed by atoms with E-state index in [9.17, 15) is 0 Å². The molecule has 1 aromatic rings. The summed E-state index contributed by atoms with van der Waals surface area (Å²) in [6.07, 6.45) is 8.23. The molecule has 0 amide bonds. The Morgan fingerprint density at radius 1 is 1.37 bits per heavy atom. The lowest BCUT2D eigenvalue weighted by Crippen LogP contribution is -2.13. The third-order valence-electron chi connectivity index (χ3n) is 3.51. The topological polar surface area (TPSA) is 73.1 Å². The Labute approximate surface area is 115 Å². The average molecular weight is 264 g/mol. The fraction of sp³-hybridized carbons (Fsp3) is 0.714. The number of aromatic nitrogens is 2. The zero-order valence-electron chi connectivity index (χ0n) is 11.9. The van der Waals surface area contributed by atoms with Crippen LogP contribution < -0.4 is 15.8 Å². The molecule has 1 heterocycles. The molecule has 1 fully saturated rings. The van der Waals surface area contributed by atoms with E-state index in [4.69, 9.17) is 10.5 Å². The van der Waals surface area contributed by atoms with Crippen LogP contribution in [0.5, 0.6) is 5.88 Å². The highest BCUT2D eigenvalue weighted by Crippen LogP contribution is 2.28. The van der Waals surface area contributed by atoms with E-state index in [-0.39, 0.29) is 6.10 Å². The smallest absolute Gasteiger partial charge is 0.242 e. The zero-order valence-corrected chi connectivity index (χ0v) is 11.9. The van der Waals surface area contributed by atoms with Crippen molar-refractivity contribution in [1.29, 1.82) is 0 Å². The van der Waals surface area contributed by atoms with Gasteiger partial charge >= 0.3 is 0 Å². The Balaban J connectivity index is 1.88. The quantitative estimate of drug-likeness (QED) is 0.826. The van der Waals surface area contributed by atoms with Crippen molar-refractivity contribution in [3.63, 3.8) is 0 Å². The molecule has 0 aromatic carbocycles. The van der Waals surface area contributed by atoms with Gasteiger partial charge in [0.05, 0.1) is 6.10 Å². The van der Waals surface area contributed by atoms with Gasteiger partial charge in [-0.05, 0) is 26.2 Å². The van der Waals surface area contributed by atoms with Gasteiger partial charge < -0.3 is 15.8 Å². The standard InChI is InChI=1S/C14H24N4O/c1-10(2)19-14-12(15)13(17-9-18-14)16-8-7-11-5-3-4-6-11/h9-11H,3-8,15H2,1-2H3,(H,16,17,18). The Morgan fingerprint density at radius 2 is 2.11 bits per heavy atom. The molecule has 106 valence electrons. The third kappa shape index (κ3) is 3.98. The largest absolute Gasteiger partial charge is 0.473 e. The predicted molar refractivity (Wildman–Crippen MR) is 77.3 cm³/mol. The van der Waals surface area contributed by atoms with E-state index in [0.717, 1.165) is 12.5 Å². The van der Waals surface area contributed by atoms with Crippen LogP contribution in [0.1, 0.15) is 46.0 Å². The molecule has 5 nitrogen and oxygen atoms in total. The van der Waals surface area contributed by atoms with Crippen LogP contribution in [0.4, 0.5) is 11.5 Å². The van der Waals surface area contributed by atoms with Gasteiger partial charge in [-0.3, -0.25) is 0 Å². The van der Waals surface area contributed by atoms with Crippen LogP contribution in [0.3, 0.4) is 0 Å². The Kier molecular flexibility index (Phi) is 4.82. The summed E-state index contributed by atoms with van der Waals surface area (Å²) in [4.78, 5) is 8.25. The summed E-state index contributed by atoms with van der Waals surface area (Å²) in [5.74, 6) is 2.01. The first kappa shape index (κ1) is 13.9. The van der Waals surface area contributed by atoms with Crippen LogP contribution in [-0.4, -0.2) is 22.6 Å². The molecule has 0 atom stereocenters. The fourth-order valence-electron chi connectivity index (χ4n) is 2.53. The van der Waals surface area contributed by atoms with Crippen molar-refractivity contribution in [2.45, 2.75) is 52.1 Å². The minimum absolute atomic E-state index is 0.0588. The minimum atomic E-state index is 0.0588. The second-order valence-corrected chi connectivity index (χ2v) is 5.47. The number of nitrogens with one attached hydrogen (secondary N) is 1. The maximum Gasteiger partial charge on any atom is 0.242 e. The van der Waals surface area contributed by atoms with E-state index >= 15 is 0 Å². The van der Waals surface area contributed by atoms with Gasteiger partial charge in [0.1, 0.15) is 12.0 Å². The lowest BCUT2D eigenvalue weighted by molar-refractivity contribution is 0.234. The van der Waals surface area contributed by atoms with Gasteiger partial charge in [-0.25, -0.2) is 4.98 Å². The summed E-state index contributed by atoms with van der Waals surface area (Å²) in [7, 11) is 0. The SMILES string of the molecule is CC(C)Oc1ncnc(NCCC2CCCC2)c1N. The zero-order chi connectivity index (χ0) is 13.7. The molecule has 0 spiro atoms. The summed E-state index contributed by atoms with van der Waals surface area (Å²) in [5, 5.41) is 3.30. The van der Waals surface area contributed by atoms with Crippen LogP contribution in [0, 0.1) is 5.92 Å². The van der Waals surface area contributed by atoms with Crippen molar-refractivity contribution in [2.24, 2.45) is 5.92 Å². The monoisotopic (exact) mass is 264 g/mol. The molecule has 0 unspecified atom stereocenters. The van der Waals surface area contributed by atoms with Gasteiger partial charge in [0.2, 0.25) is 5.88 Å². The molecule has 2 rings (SSSR count). The normalized spacial score (nSPS) is 15.9. The van der Waals surface area contributed by atoms with Crippen molar-refractivity contribution >= 4 is 11.5 Å². The summed E-state index contributed by atoms with van der Waals surface area (Å²) in [5.41, 5.74) is 6.52. The first-order chi connectivity index (χ1) is 9.16. The maximum absolute atomic E-state index is 6.01. The Morgan fingerprint density at radius 3 is 2.79 bits per heavy atom. The molecular weight excluding hydrogens is 240 g/mol. The van der Waals surface area contributed by atoms with Crippen LogP contribution in [0.15, 0.2) is 6.33 Å². The van der Waals surface area contributed by atoms with E-state index < -0.39 is 0 Å². The first-order valence-corrected chi connectivity index (χ1v) is 7.18. The molecule has 5 heteroatoms. The van der Waals surface area contributed by atoms with Crippen molar-refractivity contribution in [3.8, 4) is 5.88 Å². The lowest BCUT2D eigenvalue weighted by Gasteiger charge is -2.14. The number of ether oxygens (including phenoxy) is 1. The van der Waals surface area contributed by atoms with Gasteiger partial charge in [0, 0.05) is 6.54 Å². The van der Waals surface area contributed by atoms with Gasteiger partial charge in [0.15, 0.2) is 5.82 Å². The summed E-state index contributed by atoms with van der Waals surface area (Å²) in [6.45, 7) is 4.82. The van der Waals surface area contributed by atoms with E-state index in [1.807, 2.05) is 13.8 Å². The van der Waals surface area contributed by atoms with Crippen molar-refractivity contribution < 1.29 is 4.74 Å². The molecule has 1 aromatic heterocycles. The second-order valence-electron chi connectivity index (χ2n) is 5.47. The molecule has 0 aliphatic heterocycles. The highest BCUT2D eigenvalue weighted by atomic mass is 16.5. The van der Waals surface area contributed by atoms with Crippen LogP contribution in [0.25, 0.3) is 0 Å². The van der Waals surface area contributed by atoms with Gasteiger partial charge in [-0.1, -0.05) is 25.7 Å². The number of hydrogen-bond acceptors (Lipinski definition) is 5. The Bertz CT molecular complexity index is 402. The summed E-state index contributed by atoms with van der Waals surface area (Å²) >= 11 is 0. The van der Waals surface area contributed by atoms with Gasteiger partial charge in [-0.2, -0.15) is 4.98 Å². The Hall–Kier alpha value is -1.52. The number of nitrogens with two attached hydrogens (primary N) is 1. The van der Waals surface area contributed by atoms with Crippen molar-refractivity contribution in [1.82, 2.24) is 9.97 Å². The predicted octanol–water partition coefficient (Wildman–Crippen LogP) is 2.84. The summed E-state index contributed by atoms with van der Waals surface area (Å²) in [6, 6.07) is 0. The second kappa shape index (κ2) is 6.59. The van der Waals surface area contributed by atoms with Crippen molar-refractivity contribution in [2.75, 3.05) is 17.6 Å². The molecule has 3 N–H and O–H groups in total. The van der Waals surface area contributed by atoms with Gasteiger partial charge in [-0.15, -0.1) is 0 Å². The first-order valence-electron chi connectivity index (χ1n) is 7.18. The number of rotatable bonds is 6. The lowest BCUT2D eigenvalue weighted by atomic mass is 10.0. The van der Waals surface area contributed by atoms with E-state index in [1.54, 1.807) is 0 Å². The van der Waals surface area contributed by atoms with Gasteiger partial charge in [0.25, 0.3) is 0 Å². The van der Waals surface area contributed by atoms with Crippen molar-refractivity contribution in [3.05, 3.63) is 6.33 Å². The highest BCUT2D eigenvalue weighted by Gasteiger charge is 2.15. The average Bonchev–Trinajstić information content (AvgIpc) is 2.86. The molecule has 1 saturated carbocycles. The number of nitrogens with zero attached hydrogens (tertiary/aromatic N) is 2. The van der Waals surface area contributed by atoms with E-state index in [1.165, 1.54) is 38.4 Å². The molecule has 1 aliphatic carbocycles. The van der Waals surface area contributed by atoms with Crippen LogP contribution in [0.2, 0.25) is 0 Å². The minimum Gasteiger partial charge on any atom is -0.473 e. The van der Waals surface area contributed by atoms with Crippen LogP contribution in [-0.2, 0) is 0 Å². The number of nitrogen functional groups attached to an aromatic ring is 1. The molecule has 0 radical (unpaired) electrons. The van der Waals surface area contributed by atoms with E-state index in [2.05, 4.69) is 15.3 Å². The van der Waals surface area contributed by atoms with Crippen LogP contribution >= 0.6 is 0 Å². The maximum atomic E-state index is 6.01. The molecule has 19 heavy (non-hydrogen) atoms. The molecular formula is C14H24N4O. The number of anilines is 2. The summed E-state index contributed by atoms with van der Waals surface area (Å²) < 4.78 is 5.55.